The van der Waals surface area contributed by atoms with Crippen molar-refractivity contribution in [2.24, 2.45) is 0 Å². The Morgan fingerprint density at radius 1 is 0.900 bits per heavy atom. The number of aliphatic carboxylic acids is 1. The van der Waals surface area contributed by atoms with E-state index < -0.39 is 12.0 Å². The van der Waals surface area contributed by atoms with E-state index in [4.69, 9.17) is 0 Å². The van der Waals surface area contributed by atoms with E-state index in [1.54, 1.807) is 18.2 Å². The number of carbonyl (C=O) groups is 1. The Hall–Kier alpha value is -0.550. The molecule has 0 aromatic heterocycles. The SMILES string of the molecule is O=C(O)C(Cc1ccc(O)cc1-c1cc(I)c(O)c(I)c1)Nc1cc(I)cc(I)c1. The van der Waals surface area contributed by atoms with Gasteiger partial charge in [-0.25, -0.2) is 4.79 Å². The highest BCUT2D eigenvalue weighted by atomic mass is 127. The number of anilines is 1. The number of carboxylic acids is 1. The van der Waals surface area contributed by atoms with Crippen LogP contribution in [0.1, 0.15) is 5.56 Å². The number of phenols is 2. The van der Waals surface area contributed by atoms with Gasteiger partial charge in [0.2, 0.25) is 0 Å². The van der Waals surface area contributed by atoms with Crippen LogP contribution in [0, 0.1) is 14.3 Å². The van der Waals surface area contributed by atoms with Crippen molar-refractivity contribution in [2.45, 2.75) is 12.5 Å². The molecule has 0 aliphatic carbocycles. The first kappa shape index (κ1) is 24.1. The molecule has 0 spiro atoms. The van der Waals surface area contributed by atoms with Crippen molar-refractivity contribution < 1.29 is 20.1 Å². The molecule has 9 heteroatoms. The van der Waals surface area contributed by atoms with Crippen molar-refractivity contribution in [2.75, 3.05) is 5.32 Å². The van der Waals surface area contributed by atoms with Gasteiger partial charge >= 0.3 is 5.97 Å². The third kappa shape index (κ3) is 6.03. The number of hydrogen-bond acceptors (Lipinski definition) is 4. The normalized spacial score (nSPS) is 11.9. The zero-order chi connectivity index (χ0) is 22.0. The van der Waals surface area contributed by atoms with Crippen LogP contribution in [-0.2, 0) is 11.2 Å². The topological polar surface area (TPSA) is 89.8 Å². The molecule has 0 amide bonds. The van der Waals surface area contributed by atoms with Gasteiger partial charge in [-0.05, 0) is 150 Å². The Kier molecular flexibility index (Phi) is 8.34. The minimum Gasteiger partial charge on any atom is -0.508 e. The maximum Gasteiger partial charge on any atom is 0.326 e. The summed E-state index contributed by atoms with van der Waals surface area (Å²) in [4.78, 5) is 12.0. The smallest absolute Gasteiger partial charge is 0.326 e. The van der Waals surface area contributed by atoms with E-state index in [0.29, 0.717) is 7.14 Å². The van der Waals surface area contributed by atoms with Gasteiger partial charge in [-0.2, -0.15) is 0 Å². The minimum absolute atomic E-state index is 0.0962. The molecule has 3 aromatic carbocycles. The molecule has 0 heterocycles. The van der Waals surface area contributed by atoms with Crippen LogP contribution < -0.4 is 5.32 Å². The molecular formula is C21H15I4NO4. The van der Waals surface area contributed by atoms with E-state index in [9.17, 15) is 20.1 Å². The lowest BCUT2D eigenvalue weighted by Crippen LogP contribution is -2.31. The second-order valence-corrected chi connectivity index (χ2v) is 11.3. The molecule has 0 saturated carbocycles. The molecule has 3 rings (SSSR count). The molecule has 3 aromatic rings. The van der Waals surface area contributed by atoms with E-state index in [1.807, 2.05) is 30.3 Å². The molecular weight excluding hydrogens is 838 g/mol. The maximum atomic E-state index is 12.0. The highest BCUT2D eigenvalue weighted by molar-refractivity contribution is 14.1. The number of phenolic OH excluding ortho intramolecular Hbond substituents is 2. The van der Waals surface area contributed by atoms with Crippen molar-refractivity contribution in [1.82, 2.24) is 0 Å². The third-order valence-corrected chi connectivity index (χ3v) is 7.24. The molecule has 156 valence electrons. The molecule has 0 aliphatic rings. The largest absolute Gasteiger partial charge is 0.508 e. The molecule has 5 nitrogen and oxygen atoms in total. The fraction of sp³-hybridized carbons (Fsp3) is 0.0952. The minimum atomic E-state index is -0.960. The second-order valence-electron chi connectivity index (χ2n) is 6.53. The summed E-state index contributed by atoms with van der Waals surface area (Å²) >= 11 is 8.51. The first-order valence-corrected chi connectivity index (χ1v) is 12.9. The van der Waals surface area contributed by atoms with Crippen molar-refractivity contribution in [3.05, 3.63) is 68.4 Å². The zero-order valence-electron chi connectivity index (χ0n) is 15.2. The molecule has 4 N–H and O–H groups in total. The van der Waals surface area contributed by atoms with Gasteiger partial charge in [0.25, 0.3) is 0 Å². The number of nitrogens with one attached hydrogen (secondary N) is 1. The Morgan fingerprint density at radius 3 is 2.07 bits per heavy atom. The lowest BCUT2D eigenvalue weighted by atomic mass is 9.94. The van der Waals surface area contributed by atoms with E-state index in [2.05, 4.69) is 95.7 Å². The monoisotopic (exact) mass is 853 g/mol. The number of aromatic hydroxyl groups is 2. The third-order valence-electron chi connectivity index (χ3n) is 4.35. The lowest BCUT2D eigenvalue weighted by molar-refractivity contribution is -0.137. The van der Waals surface area contributed by atoms with Gasteiger partial charge in [-0.15, -0.1) is 0 Å². The quantitative estimate of drug-likeness (QED) is 0.219. The molecule has 0 bridgehead atoms. The standard InChI is InChI=1S/C21H15I4NO4/c22-12-6-13(23)8-14(7-12)26-19(21(29)30)5-10-1-2-15(27)9-16(10)11-3-17(24)20(28)18(25)4-11/h1-4,6-9,19,26-28H,5H2,(H,29,30). The molecule has 1 atom stereocenters. The number of halogens is 4. The second kappa shape index (κ2) is 10.4. The summed E-state index contributed by atoms with van der Waals surface area (Å²) in [5, 5.41) is 33.1. The molecule has 0 radical (unpaired) electrons. The van der Waals surface area contributed by atoms with E-state index in [1.165, 1.54) is 0 Å². The van der Waals surface area contributed by atoms with Crippen molar-refractivity contribution >= 4 is 102 Å². The summed E-state index contributed by atoms with van der Waals surface area (Å²) in [5.74, 6) is -0.656. The lowest BCUT2D eigenvalue weighted by Gasteiger charge is -2.19. The van der Waals surface area contributed by atoms with Gasteiger partial charge in [0.1, 0.15) is 17.5 Å². The van der Waals surface area contributed by atoms with Crippen LogP contribution >= 0.6 is 90.4 Å². The Balaban J connectivity index is 1.99. The predicted molar refractivity (Wildman–Crippen MR) is 151 cm³/mol. The maximum absolute atomic E-state index is 12.0. The van der Waals surface area contributed by atoms with E-state index in [-0.39, 0.29) is 17.9 Å². The summed E-state index contributed by atoms with van der Waals surface area (Å²) in [6.07, 6.45) is 0.223. The molecule has 0 saturated heterocycles. The van der Waals surface area contributed by atoms with Crippen LogP contribution in [0.2, 0.25) is 0 Å². The highest BCUT2D eigenvalue weighted by Gasteiger charge is 2.21. The van der Waals surface area contributed by atoms with Gasteiger partial charge in [0.05, 0.1) is 7.14 Å². The van der Waals surface area contributed by atoms with E-state index in [0.717, 1.165) is 29.5 Å². The number of benzene rings is 3. The summed E-state index contributed by atoms with van der Waals surface area (Å²) in [6.45, 7) is 0. The Labute approximate surface area is 228 Å². The van der Waals surface area contributed by atoms with Crippen LogP contribution in [0.25, 0.3) is 11.1 Å². The van der Waals surface area contributed by atoms with Crippen LogP contribution in [-0.4, -0.2) is 27.3 Å². The van der Waals surface area contributed by atoms with Crippen LogP contribution in [0.3, 0.4) is 0 Å². The average Bonchev–Trinajstić information content (AvgIpc) is 2.65. The van der Waals surface area contributed by atoms with Crippen molar-refractivity contribution in [3.63, 3.8) is 0 Å². The van der Waals surface area contributed by atoms with E-state index >= 15 is 0 Å². The summed E-state index contributed by atoms with van der Waals surface area (Å²) in [7, 11) is 0. The molecule has 0 fully saturated rings. The first-order valence-electron chi connectivity index (χ1n) is 8.59. The van der Waals surface area contributed by atoms with Crippen LogP contribution in [0.4, 0.5) is 5.69 Å². The van der Waals surface area contributed by atoms with Crippen molar-refractivity contribution in [3.8, 4) is 22.6 Å². The van der Waals surface area contributed by atoms with Gasteiger partial charge in [-0.3, -0.25) is 0 Å². The summed E-state index contributed by atoms with van der Waals surface area (Å²) < 4.78 is 3.41. The number of hydrogen-bond donors (Lipinski definition) is 4. The summed E-state index contributed by atoms with van der Waals surface area (Å²) in [5.41, 5.74) is 3.06. The van der Waals surface area contributed by atoms with Crippen molar-refractivity contribution in [1.29, 1.82) is 0 Å². The predicted octanol–water partition coefficient (Wildman–Crippen LogP) is 6.29. The fourth-order valence-electron chi connectivity index (χ4n) is 2.99. The van der Waals surface area contributed by atoms with Gasteiger partial charge < -0.3 is 20.6 Å². The Morgan fingerprint density at radius 2 is 1.50 bits per heavy atom. The van der Waals surface area contributed by atoms with Gasteiger partial charge in [-0.1, -0.05) is 6.07 Å². The fourth-order valence-corrected chi connectivity index (χ4v) is 6.70. The zero-order valence-corrected chi connectivity index (χ0v) is 23.8. The molecule has 1 unspecified atom stereocenters. The number of carboxylic acid groups (broad SMARTS) is 1. The van der Waals surface area contributed by atoms with Crippen LogP contribution in [0.5, 0.6) is 11.5 Å². The van der Waals surface area contributed by atoms with Gasteiger partial charge in [0, 0.05) is 19.2 Å². The molecule has 0 aliphatic heterocycles. The summed E-state index contributed by atoms with van der Waals surface area (Å²) in [6, 6.07) is 13.5. The van der Waals surface area contributed by atoms with Crippen LogP contribution in [0.15, 0.2) is 48.5 Å². The molecule has 30 heavy (non-hydrogen) atoms. The first-order chi connectivity index (χ1) is 14.1. The highest BCUT2D eigenvalue weighted by Crippen LogP contribution is 2.35. The number of rotatable bonds is 6. The average molecular weight is 853 g/mol. The Bertz CT molecular complexity index is 1080. The van der Waals surface area contributed by atoms with Gasteiger partial charge in [0.15, 0.2) is 0 Å².